The second-order valence-corrected chi connectivity index (χ2v) is 28.1. The Labute approximate surface area is 447 Å². The zero-order valence-electron chi connectivity index (χ0n) is 40.3. The molecule has 0 fully saturated rings. The van der Waals surface area contributed by atoms with Gasteiger partial charge in [0.25, 0.3) is 0 Å². The summed E-state index contributed by atoms with van der Waals surface area (Å²) >= 11 is 9.15. The third-order valence-corrected chi connectivity index (χ3v) is 25.4. The summed E-state index contributed by atoms with van der Waals surface area (Å²) in [5, 5.41) is 2.50. The molecular weight excluding hydrogens is 1050 g/mol. The number of carbonyl (C=O) groups is 2. The van der Waals surface area contributed by atoms with Crippen molar-refractivity contribution in [2.75, 3.05) is 12.3 Å². The van der Waals surface area contributed by atoms with E-state index in [2.05, 4.69) is 25.3 Å². The fraction of sp³-hybridized carbons (Fsp3) is 0.0667. The van der Waals surface area contributed by atoms with Gasteiger partial charge in [-0.3, -0.25) is 0 Å². The summed E-state index contributed by atoms with van der Waals surface area (Å²) < 4.78 is 113. The molecule has 0 aliphatic carbocycles. The quantitative estimate of drug-likeness (QED) is 0.0295. The molecule has 5 nitrogen and oxygen atoms in total. The Bertz CT molecular complexity index is 3070. The molecule has 0 saturated carbocycles. The van der Waals surface area contributed by atoms with Gasteiger partial charge < -0.3 is 0 Å². The number of benzene rings is 9. The molecule has 9 aromatic carbocycles. The van der Waals surface area contributed by atoms with Crippen LogP contribution in [0.3, 0.4) is 0 Å². The van der Waals surface area contributed by atoms with Crippen molar-refractivity contribution in [1.82, 2.24) is 0 Å². The second kappa shape index (κ2) is 21.7. The van der Waals surface area contributed by atoms with E-state index in [0.717, 1.165) is 0 Å². The van der Waals surface area contributed by atoms with Crippen LogP contribution in [0.2, 0.25) is 0 Å². The number of carbonyl (C=O) groups excluding carboxylic acids is 2. The van der Waals surface area contributed by atoms with Crippen LogP contribution in [0.4, 0.5) is 26.3 Å². The van der Waals surface area contributed by atoms with Crippen molar-refractivity contribution >= 4 is 89.6 Å². The molecule has 0 aromatic heterocycles. The van der Waals surface area contributed by atoms with Crippen LogP contribution in [-0.4, -0.2) is 31.2 Å². The van der Waals surface area contributed by atoms with E-state index < -0.39 is 74.1 Å². The van der Waals surface area contributed by atoms with Crippen LogP contribution in [0, 0.1) is 0 Å². The number of hydrogen-bond donors (Lipinski definition) is 2. The van der Waals surface area contributed by atoms with Gasteiger partial charge in [-0.05, 0) is 0 Å². The van der Waals surface area contributed by atoms with E-state index in [4.69, 9.17) is 13.5 Å². The van der Waals surface area contributed by atoms with Crippen LogP contribution in [0.5, 0.6) is 5.75 Å². The number of hydrogen-bond acceptors (Lipinski definition) is 7. The van der Waals surface area contributed by atoms with Crippen molar-refractivity contribution < 1.29 is 49.5 Å². The molecule has 0 amide bonds. The summed E-state index contributed by atoms with van der Waals surface area (Å²) in [6, 6.07) is 66.8. The zero-order chi connectivity index (χ0) is 53.7. The number of halogens is 6. The summed E-state index contributed by atoms with van der Waals surface area (Å²) in [7, 11) is -2.39. The molecule has 0 aliphatic rings. The first kappa shape index (κ1) is 54.0. The van der Waals surface area contributed by atoms with Gasteiger partial charge in [-0.15, -0.1) is 0 Å². The summed E-state index contributed by atoms with van der Waals surface area (Å²) in [6.45, 7) is -10.6. The Balaban J connectivity index is 1.47. The second-order valence-electron chi connectivity index (χ2n) is 18.1. The standard InChI is InChI=1S/C60H47BF6O5P2S2/c62-59(63,64)46-39-47(60(65,66)67)41-48(40-46)70-61(71-73(49-23-7-1-8-24-49,50-25-9-2-10-26-50,51-27-11-3-12-28-51)42-57(68)44-21-19-35-55(75)37-44)72-74(52-29-13-4-14-30-52,53-31-15-5-16-32-53,54-33-17-6-18-34-54)43-58(69)45-22-20-36-56(76)38-45/h1-41,75-76H,42-43H2. The van der Waals surface area contributed by atoms with Gasteiger partial charge in [0.05, 0.1) is 0 Å². The first-order valence-electron chi connectivity index (χ1n) is 23.8. The Kier molecular flexibility index (Phi) is 15.4. The molecule has 0 N–H and O–H groups in total. The summed E-state index contributed by atoms with van der Waals surface area (Å²) in [6.07, 6.45) is -11.6. The number of ketones is 2. The maximum absolute atomic E-state index is 15.7. The Morgan fingerprint density at radius 2 is 0.658 bits per heavy atom. The van der Waals surface area contributed by atoms with Crippen LogP contribution in [0.1, 0.15) is 31.8 Å². The van der Waals surface area contributed by atoms with Crippen molar-refractivity contribution in [1.29, 1.82) is 0 Å². The fourth-order valence-corrected chi connectivity index (χ4v) is 21.5. The Morgan fingerprint density at radius 3 is 0.908 bits per heavy atom. The minimum atomic E-state index is -5.31. The van der Waals surface area contributed by atoms with Crippen molar-refractivity contribution in [2.45, 2.75) is 22.1 Å². The van der Waals surface area contributed by atoms with Crippen molar-refractivity contribution in [2.24, 2.45) is 0 Å². The summed E-state index contributed by atoms with van der Waals surface area (Å²) in [5.74, 6) is -1.86. The number of rotatable bonds is 18. The predicted molar refractivity (Wildman–Crippen MR) is 301 cm³/mol. The van der Waals surface area contributed by atoms with Crippen molar-refractivity contribution in [3.8, 4) is 5.75 Å². The SMILES string of the molecule is O=C(CP(OB(Oc1cc(C(F)(F)F)cc(C(F)(F)F)c1)OP(CC(=O)c1cccc(S)c1)(c1ccccc1)(c1ccccc1)c1ccccc1)(c1ccccc1)(c1ccccc1)c1ccccc1)c1cccc(S)c1. The Hall–Kier alpha value is -6.76. The molecule has 0 unspecified atom stereocenters. The van der Waals surface area contributed by atoms with E-state index in [-0.39, 0.29) is 17.2 Å². The monoisotopic (exact) mass is 1100 g/mol. The van der Waals surface area contributed by atoms with Gasteiger partial charge in [-0.25, -0.2) is 0 Å². The van der Waals surface area contributed by atoms with Gasteiger partial charge in [0.15, 0.2) is 0 Å². The van der Waals surface area contributed by atoms with Gasteiger partial charge in [0.1, 0.15) is 0 Å². The normalized spacial score (nSPS) is 13.1. The molecule has 0 spiro atoms. The van der Waals surface area contributed by atoms with E-state index in [0.29, 0.717) is 53.8 Å². The van der Waals surface area contributed by atoms with E-state index in [1.807, 2.05) is 0 Å². The van der Waals surface area contributed by atoms with E-state index >= 15 is 9.59 Å². The molecule has 0 bridgehead atoms. The molecule has 16 heteroatoms. The molecule has 9 rings (SSSR count). The molecule has 384 valence electrons. The van der Waals surface area contributed by atoms with Gasteiger partial charge in [0.2, 0.25) is 0 Å². The zero-order valence-corrected chi connectivity index (χ0v) is 43.8. The molecule has 76 heavy (non-hydrogen) atoms. The number of Topliss-reactive ketones (excluding diaryl/α,β-unsaturated/α-hetero) is 2. The van der Waals surface area contributed by atoms with E-state index in [9.17, 15) is 26.3 Å². The summed E-state index contributed by atoms with van der Waals surface area (Å²) in [4.78, 5) is 32.3. The molecular formula is C60H47BF6O5P2S2. The van der Waals surface area contributed by atoms with Crippen molar-refractivity contribution in [3.05, 3.63) is 271 Å². The molecule has 0 aliphatic heterocycles. The van der Waals surface area contributed by atoms with Gasteiger partial charge in [-0.1, -0.05) is 0 Å². The van der Waals surface area contributed by atoms with Gasteiger partial charge in [0, 0.05) is 0 Å². The summed E-state index contributed by atoms with van der Waals surface area (Å²) in [5.41, 5.74) is -2.88. The molecule has 0 saturated heterocycles. The van der Waals surface area contributed by atoms with Gasteiger partial charge in [-0.2, -0.15) is 0 Å². The average Bonchev–Trinajstić information content (AvgIpc) is 3.50. The fourth-order valence-electron chi connectivity index (χ4n) is 9.98. The topological polar surface area (TPSA) is 61.8 Å². The molecule has 0 heterocycles. The predicted octanol–water partition coefficient (Wildman–Crippen LogP) is 13.4. The molecule has 9 aromatic rings. The number of alkyl halides is 6. The first-order chi connectivity index (χ1) is 36.4. The van der Waals surface area contributed by atoms with Crippen molar-refractivity contribution in [3.63, 3.8) is 0 Å². The van der Waals surface area contributed by atoms with E-state index in [1.54, 1.807) is 231 Å². The third-order valence-electron chi connectivity index (χ3n) is 13.5. The van der Waals surface area contributed by atoms with Gasteiger partial charge >= 0.3 is 450 Å². The van der Waals surface area contributed by atoms with Crippen LogP contribution < -0.4 is 36.5 Å². The average molecular weight is 1100 g/mol. The van der Waals surface area contributed by atoms with E-state index in [1.165, 1.54) is 0 Å². The minimum absolute atomic E-state index is 0.00186. The Morgan fingerprint density at radius 1 is 0.382 bits per heavy atom. The first-order valence-corrected chi connectivity index (χ1v) is 29.4. The van der Waals surface area contributed by atoms with Crippen LogP contribution in [0.15, 0.2) is 259 Å². The van der Waals surface area contributed by atoms with Crippen LogP contribution in [0.25, 0.3) is 0 Å². The maximum atomic E-state index is 15.7. The number of thiol groups is 2. The van der Waals surface area contributed by atoms with Crippen LogP contribution in [-0.2, 0) is 21.2 Å². The third kappa shape index (κ3) is 10.3. The molecule has 0 atom stereocenters. The molecule has 0 radical (unpaired) electrons. The van der Waals surface area contributed by atoms with Crippen LogP contribution >= 0.6 is 38.9 Å².